The van der Waals surface area contributed by atoms with E-state index in [1.165, 1.54) is 30.1 Å². The van der Waals surface area contributed by atoms with E-state index in [1.54, 1.807) is 6.92 Å². The van der Waals surface area contributed by atoms with Crippen molar-refractivity contribution in [2.24, 2.45) is 0 Å². The molecule has 0 aliphatic heterocycles. The molecular formula is C18H17F3N4O4. The van der Waals surface area contributed by atoms with E-state index < -0.39 is 39.9 Å². The summed E-state index contributed by atoms with van der Waals surface area (Å²) in [6.45, 7) is 1.05. The number of carbonyl (C=O) groups excluding carboxylic acids is 2. The van der Waals surface area contributed by atoms with Gasteiger partial charge in [-0.25, -0.2) is 13.2 Å². The second kappa shape index (κ2) is 9.15. The van der Waals surface area contributed by atoms with Gasteiger partial charge in [0.1, 0.15) is 0 Å². The standard InChI is InChI=1S/C18H17F3N4O4/c1-10-7-11(25(28)29)3-5-13(10)22-15(26)8-24(2)9-16(27)23-14-6-4-12(19)17(20)18(14)21/h3-7H,8-9H2,1-2H3,(H,22,26)(H,23,27). The van der Waals surface area contributed by atoms with Crippen LogP contribution in [0.3, 0.4) is 0 Å². The van der Waals surface area contributed by atoms with Gasteiger partial charge in [0.2, 0.25) is 11.8 Å². The number of amides is 2. The lowest BCUT2D eigenvalue weighted by atomic mass is 10.2. The van der Waals surface area contributed by atoms with Gasteiger partial charge in [0.15, 0.2) is 17.5 Å². The quantitative estimate of drug-likeness (QED) is 0.415. The number of nitrogens with zero attached hydrogens (tertiary/aromatic N) is 2. The van der Waals surface area contributed by atoms with Crippen LogP contribution in [0.4, 0.5) is 30.2 Å². The lowest BCUT2D eigenvalue weighted by molar-refractivity contribution is -0.384. The fraction of sp³-hybridized carbons (Fsp3) is 0.222. The summed E-state index contributed by atoms with van der Waals surface area (Å²) in [6.07, 6.45) is 0. The molecule has 0 aliphatic rings. The van der Waals surface area contributed by atoms with Gasteiger partial charge in [-0.2, -0.15) is 0 Å². The summed E-state index contributed by atoms with van der Waals surface area (Å²) in [6, 6.07) is 5.51. The number of rotatable bonds is 7. The van der Waals surface area contributed by atoms with Crippen molar-refractivity contribution in [1.29, 1.82) is 0 Å². The average molecular weight is 410 g/mol. The fourth-order valence-electron chi connectivity index (χ4n) is 2.45. The lowest BCUT2D eigenvalue weighted by Gasteiger charge is -2.17. The van der Waals surface area contributed by atoms with Crippen molar-refractivity contribution in [3.63, 3.8) is 0 Å². The molecule has 8 nitrogen and oxygen atoms in total. The molecule has 0 aromatic heterocycles. The molecule has 2 N–H and O–H groups in total. The van der Waals surface area contributed by atoms with Crippen LogP contribution in [0, 0.1) is 34.5 Å². The highest BCUT2D eigenvalue weighted by Crippen LogP contribution is 2.21. The van der Waals surface area contributed by atoms with Crippen LogP contribution in [0.25, 0.3) is 0 Å². The number of carbonyl (C=O) groups is 2. The van der Waals surface area contributed by atoms with Gasteiger partial charge in [-0.05, 0) is 37.7 Å². The van der Waals surface area contributed by atoms with Gasteiger partial charge in [-0.15, -0.1) is 0 Å². The Kier molecular flexibility index (Phi) is 6.89. The Morgan fingerprint density at radius 1 is 1.00 bits per heavy atom. The van der Waals surface area contributed by atoms with Crippen molar-refractivity contribution in [1.82, 2.24) is 4.90 Å². The molecule has 2 rings (SSSR count). The molecule has 0 unspecified atom stereocenters. The van der Waals surface area contributed by atoms with Crippen molar-refractivity contribution >= 4 is 28.9 Å². The van der Waals surface area contributed by atoms with E-state index in [9.17, 15) is 32.9 Å². The number of nitro groups is 1. The Labute approximate surface area is 163 Å². The minimum atomic E-state index is -1.70. The van der Waals surface area contributed by atoms with Crippen molar-refractivity contribution in [2.75, 3.05) is 30.8 Å². The fourth-order valence-corrected chi connectivity index (χ4v) is 2.45. The van der Waals surface area contributed by atoms with Crippen molar-refractivity contribution in [3.05, 3.63) is 63.5 Å². The Hall–Kier alpha value is -3.47. The summed E-state index contributed by atoms with van der Waals surface area (Å²) in [5, 5.41) is 15.4. The Bertz CT molecular complexity index is 968. The first-order valence-electron chi connectivity index (χ1n) is 8.25. The zero-order valence-corrected chi connectivity index (χ0v) is 15.5. The topological polar surface area (TPSA) is 105 Å². The molecule has 2 aromatic carbocycles. The third-order valence-corrected chi connectivity index (χ3v) is 3.83. The molecule has 0 radical (unpaired) electrons. The van der Waals surface area contributed by atoms with Gasteiger partial charge in [0.05, 0.1) is 23.7 Å². The average Bonchev–Trinajstić information content (AvgIpc) is 2.63. The van der Waals surface area contributed by atoms with Crippen molar-refractivity contribution in [2.45, 2.75) is 6.92 Å². The predicted octanol–water partition coefficient (Wildman–Crippen LogP) is 2.83. The van der Waals surface area contributed by atoms with E-state index in [-0.39, 0.29) is 18.8 Å². The smallest absolute Gasteiger partial charge is 0.269 e. The number of hydrogen-bond donors (Lipinski definition) is 2. The number of halogens is 3. The molecule has 0 saturated carbocycles. The second-order valence-corrected chi connectivity index (χ2v) is 6.25. The molecule has 0 saturated heterocycles. The van der Waals surface area contributed by atoms with E-state index in [0.717, 1.165) is 6.07 Å². The summed E-state index contributed by atoms with van der Waals surface area (Å²) < 4.78 is 39.7. The number of aryl methyl sites for hydroxylation is 1. The molecular weight excluding hydrogens is 393 g/mol. The van der Waals surface area contributed by atoms with Crippen LogP contribution in [0.2, 0.25) is 0 Å². The highest BCUT2D eigenvalue weighted by Gasteiger charge is 2.17. The molecule has 0 fully saturated rings. The van der Waals surface area contributed by atoms with Crippen LogP contribution in [0.15, 0.2) is 30.3 Å². The minimum Gasteiger partial charge on any atom is -0.325 e. The predicted molar refractivity (Wildman–Crippen MR) is 98.9 cm³/mol. The van der Waals surface area contributed by atoms with Crippen LogP contribution < -0.4 is 10.6 Å². The van der Waals surface area contributed by atoms with Gasteiger partial charge in [0.25, 0.3) is 5.69 Å². The Balaban J connectivity index is 1.91. The molecule has 2 aromatic rings. The monoisotopic (exact) mass is 410 g/mol. The van der Waals surface area contributed by atoms with Crippen LogP contribution >= 0.6 is 0 Å². The SMILES string of the molecule is Cc1cc([N+](=O)[O-])ccc1NC(=O)CN(C)CC(=O)Nc1ccc(F)c(F)c1F. The molecule has 11 heteroatoms. The zero-order valence-electron chi connectivity index (χ0n) is 15.5. The summed E-state index contributed by atoms with van der Waals surface area (Å²) in [7, 11) is 1.45. The van der Waals surface area contributed by atoms with Crippen LogP contribution in [-0.4, -0.2) is 41.8 Å². The molecule has 2 amide bonds. The Morgan fingerprint density at radius 3 is 2.10 bits per heavy atom. The number of non-ortho nitro benzene ring substituents is 1. The number of benzene rings is 2. The van der Waals surface area contributed by atoms with Gasteiger partial charge in [-0.3, -0.25) is 24.6 Å². The minimum absolute atomic E-state index is 0.112. The van der Waals surface area contributed by atoms with Crippen LogP contribution in [-0.2, 0) is 9.59 Å². The number of hydrogen-bond acceptors (Lipinski definition) is 5. The summed E-state index contributed by atoms with van der Waals surface area (Å²) in [5.74, 6) is -5.83. The van der Waals surface area contributed by atoms with E-state index in [0.29, 0.717) is 17.3 Å². The maximum atomic E-state index is 13.6. The Morgan fingerprint density at radius 2 is 1.55 bits per heavy atom. The number of nitrogens with one attached hydrogen (secondary N) is 2. The highest BCUT2D eigenvalue weighted by molar-refractivity contribution is 5.95. The van der Waals surface area contributed by atoms with Gasteiger partial charge in [-0.1, -0.05) is 0 Å². The summed E-state index contributed by atoms with van der Waals surface area (Å²) in [5.41, 5.74) is 0.232. The molecule has 0 aliphatic carbocycles. The third-order valence-electron chi connectivity index (χ3n) is 3.83. The van der Waals surface area contributed by atoms with Crippen molar-refractivity contribution in [3.8, 4) is 0 Å². The second-order valence-electron chi connectivity index (χ2n) is 6.25. The van der Waals surface area contributed by atoms with E-state index in [2.05, 4.69) is 10.6 Å². The number of nitro benzene ring substituents is 1. The molecule has 154 valence electrons. The maximum absolute atomic E-state index is 13.6. The molecule has 0 spiro atoms. The lowest BCUT2D eigenvalue weighted by Crippen LogP contribution is -2.36. The van der Waals surface area contributed by atoms with Gasteiger partial charge in [0, 0.05) is 17.8 Å². The first kappa shape index (κ1) is 21.8. The van der Waals surface area contributed by atoms with Gasteiger partial charge < -0.3 is 10.6 Å². The molecule has 0 atom stereocenters. The number of anilines is 2. The normalized spacial score (nSPS) is 10.7. The largest absolute Gasteiger partial charge is 0.325 e. The van der Waals surface area contributed by atoms with Crippen molar-refractivity contribution < 1.29 is 27.7 Å². The zero-order chi connectivity index (χ0) is 21.7. The third kappa shape index (κ3) is 5.75. The summed E-state index contributed by atoms with van der Waals surface area (Å²) in [4.78, 5) is 35.5. The maximum Gasteiger partial charge on any atom is 0.269 e. The molecule has 0 bridgehead atoms. The van der Waals surface area contributed by atoms with E-state index in [1.807, 2.05) is 0 Å². The van der Waals surface area contributed by atoms with Gasteiger partial charge >= 0.3 is 0 Å². The van der Waals surface area contributed by atoms with Crippen LogP contribution in [0.1, 0.15) is 5.56 Å². The van der Waals surface area contributed by atoms with Crippen LogP contribution in [0.5, 0.6) is 0 Å². The summed E-state index contributed by atoms with van der Waals surface area (Å²) >= 11 is 0. The van der Waals surface area contributed by atoms with E-state index >= 15 is 0 Å². The number of likely N-dealkylation sites (N-methyl/N-ethyl adjacent to an activating group) is 1. The first-order chi connectivity index (χ1) is 13.6. The highest BCUT2D eigenvalue weighted by atomic mass is 19.2. The molecule has 0 heterocycles. The first-order valence-corrected chi connectivity index (χ1v) is 8.25. The van der Waals surface area contributed by atoms with E-state index in [4.69, 9.17) is 0 Å². The molecule has 29 heavy (non-hydrogen) atoms.